The van der Waals surface area contributed by atoms with Gasteiger partial charge >= 0.3 is 0 Å². The summed E-state index contributed by atoms with van der Waals surface area (Å²) in [4.78, 5) is 0. The minimum absolute atomic E-state index is 0.132. The third kappa shape index (κ3) is 3.51. The Bertz CT molecular complexity index is 425. The Hall–Kier alpha value is -0.540. The van der Waals surface area contributed by atoms with Gasteiger partial charge in [-0.25, -0.2) is 0 Å². The molecule has 3 atom stereocenters. The Kier molecular flexibility index (Phi) is 4.91. The highest BCUT2D eigenvalue weighted by molar-refractivity contribution is 9.10. The second-order valence-electron chi connectivity index (χ2n) is 6.10. The number of halogens is 1. The average Bonchev–Trinajstić information content (AvgIpc) is 2.36. The zero-order chi connectivity index (χ0) is 14.0. The van der Waals surface area contributed by atoms with Crippen molar-refractivity contribution < 1.29 is 4.74 Å². The molecular formula is C16H24BrNO. The Morgan fingerprint density at radius 1 is 1.21 bits per heavy atom. The Labute approximate surface area is 124 Å². The van der Waals surface area contributed by atoms with Crippen LogP contribution >= 0.6 is 15.9 Å². The fourth-order valence-electron chi connectivity index (χ4n) is 3.46. The first-order valence-electron chi connectivity index (χ1n) is 7.10. The van der Waals surface area contributed by atoms with E-state index >= 15 is 0 Å². The molecule has 19 heavy (non-hydrogen) atoms. The van der Waals surface area contributed by atoms with Crippen molar-refractivity contribution in [3.63, 3.8) is 0 Å². The van der Waals surface area contributed by atoms with Crippen molar-refractivity contribution in [1.29, 1.82) is 0 Å². The fraction of sp³-hybridized carbons (Fsp3) is 0.625. The fourth-order valence-corrected chi connectivity index (χ4v) is 4.02. The summed E-state index contributed by atoms with van der Waals surface area (Å²) in [6.45, 7) is 4.69. The zero-order valence-electron chi connectivity index (χ0n) is 12.0. The Morgan fingerprint density at radius 3 is 2.37 bits per heavy atom. The van der Waals surface area contributed by atoms with Crippen LogP contribution in [-0.4, -0.2) is 7.11 Å². The molecule has 0 aromatic heterocycles. The van der Waals surface area contributed by atoms with Gasteiger partial charge in [0.2, 0.25) is 0 Å². The topological polar surface area (TPSA) is 35.2 Å². The third-order valence-electron chi connectivity index (χ3n) is 4.28. The standard InChI is InChI=1S/C16H24BrNO/c1-10-6-11(2)8-13(7-10)16(18)12-4-5-15(19-3)14(17)9-12/h4-5,9-11,13,16H,6-8,18H2,1-3H3. The first kappa shape index (κ1) is 14.9. The van der Waals surface area contributed by atoms with Gasteiger partial charge in [-0.3, -0.25) is 0 Å². The van der Waals surface area contributed by atoms with Gasteiger partial charge in [-0.2, -0.15) is 0 Å². The van der Waals surface area contributed by atoms with Crippen molar-refractivity contribution >= 4 is 15.9 Å². The van der Waals surface area contributed by atoms with Gasteiger partial charge in [-0.05, 0) is 70.6 Å². The largest absolute Gasteiger partial charge is 0.496 e. The van der Waals surface area contributed by atoms with Crippen molar-refractivity contribution in [2.75, 3.05) is 7.11 Å². The van der Waals surface area contributed by atoms with Crippen LogP contribution in [-0.2, 0) is 0 Å². The predicted molar refractivity (Wildman–Crippen MR) is 83.3 cm³/mol. The summed E-state index contributed by atoms with van der Waals surface area (Å²) in [5, 5.41) is 0. The highest BCUT2D eigenvalue weighted by atomic mass is 79.9. The van der Waals surface area contributed by atoms with Gasteiger partial charge in [0, 0.05) is 6.04 Å². The van der Waals surface area contributed by atoms with Crippen molar-refractivity contribution in [1.82, 2.24) is 0 Å². The molecule has 0 bridgehead atoms. The summed E-state index contributed by atoms with van der Waals surface area (Å²) >= 11 is 3.54. The molecule has 0 saturated heterocycles. The van der Waals surface area contributed by atoms with Gasteiger partial charge in [-0.1, -0.05) is 19.9 Å². The number of hydrogen-bond acceptors (Lipinski definition) is 2. The molecule has 2 rings (SSSR count). The quantitative estimate of drug-likeness (QED) is 0.886. The van der Waals surface area contributed by atoms with Crippen molar-refractivity contribution in [2.24, 2.45) is 23.5 Å². The molecule has 1 aliphatic rings. The average molecular weight is 326 g/mol. The van der Waals surface area contributed by atoms with Crippen LogP contribution in [0.1, 0.15) is 44.7 Å². The van der Waals surface area contributed by atoms with Crippen LogP contribution in [0.25, 0.3) is 0 Å². The van der Waals surface area contributed by atoms with E-state index < -0.39 is 0 Å². The van der Waals surface area contributed by atoms with Crippen LogP contribution in [0, 0.1) is 17.8 Å². The van der Waals surface area contributed by atoms with Gasteiger partial charge in [0.05, 0.1) is 11.6 Å². The Morgan fingerprint density at radius 2 is 1.84 bits per heavy atom. The van der Waals surface area contributed by atoms with E-state index in [1.807, 2.05) is 6.07 Å². The lowest BCUT2D eigenvalue weighted by Crippen LogP contribution is -2.29. The maximum Gasteiger partial charge on any atom is 0.133 e. The summed E-state index contributed by atoms with van der Waals surface area (Å²) in [5.74, 6) is 3.04. The monoisotopic (exact) mass is 325 g/mol. The second-order valence-corrected chi connectivity index (χ2v) is 6.95. The summed E-state index contributed by atoms with van der Waals surface area (Å²) < 4.78 is 6.26. The van der Waals surface area contributed by atoms with Gasteiger partial charge in [-0.15, -0.1) is 0 Å². The molecule has 0 aliphatic heterocycles. The molecule has 3 heteroatoms. The van der Waals surface area contributed by atoms with Gasteiger partial charge in [0.1, 0.15) is 5.75 Å². The van der Waals surface area contributed by atoms with Gasteiger partial charge in [0.15, 0.2) is 0 Å². The minimum atomic E-state index is 0.132. The zero-order valence-corrected chi connectivity index (χ0v) is 13.6. The first-order chi connectivity index (χ1) is 9.01. The molecule has 0 radical (unpaired) electrons. The summed E-state index contributed by atoms with van der Waals surface area (Å²) in [6, 6.07) is 6.33. The smallest absolute Gasteiger partial charge is 0.133 e. The maximum atomic E-state index is 6.49. The van der Waals surface area contributed by atoms with E-state index in [4.69, 9.17) is 10.5 Å². The molecule has 3 unspecified atom stereocenters. The number of methoxy groups -OCH3 is 1. The lowest BCUT2D eigenvalue weighted by Gasteiger charge is -2.35. The second kappa shape index (κ2) is 6.27. The lowest BCUT2D eigenvalue weighted by atomic mass is 9.72. The number of rotatable bonds is 3. The third-order valence-corrected chi connectivity index (χ3v) is 4.90. The summed E-state index contributed by atoms with van der Waals surface area (Å²) in [7, 11) is 1.68. The van der Waals surface area contributed by atoms with Crippen molar-refractivity contribution in [3.8, 4) is 5.75 Å². The SMILES string of the molecule is COc1ccc(C(N)C2CC(C)CC(C)C2)cc1Br. The lowest BCUT2D eigenvalue weighted by molar-refractivity contribution is 0.193. The molecule has 2 nitrogen and oxygen atoms in total. The van der Waals surface area contributed by atoms with E-state index in [1.54, 1.807) is 7.11 Å². The van der Waals surface area contributed by atoms with Crippen molar-refractivity contribution in [2.45, 2.75) is 39.2 Å². The van der Waals surface area contributed by atoms with Gasteiger partial charge < -0.3 is 10.5 Å². The first-order valence-corrected chi connectivity index (χ1v) is 7.89. The predicted octanol–water partition coefficient (Wildman–Crippen LogP) is 4.53. The van der Waals surface area contributed by atoms with Gasteiger partial charge in [0.25, 0.3) is 0 Å². The van der Waals surface area contributed by atoms with Crippen LogP contribution < -0.4 is 10.5 Å². The Balaban J connectivity index is 2.14. The van der Waals surface area contributed by atoms with Crippen LogP contribution in [0.3, 0.4) is 0 Å². The number of ether oxygens (including phenoxy) is 1. The molecular weight excluding hydrogens is 302 g/mol. The molecule has 0 heterocycles. The number of nitrogens with two attached hydrogens (primary N) is 1. The molecule has 1 saturated carbocycles. The molecule has 1 aromatic carbocycles. The van der Waals surface area contributed by atoms with Crippen LogP contribution in [0.2, 0.25) is 0 Å². The van der Waals surface area contributed by atoms with E-state index in [1.165, 1.54) is 24.8 Å². The summed E-state index contributed by atoms with van der Waals surface area (Å²) in [6.07, 6.45) is 3.83. The van der Waals surface area contributed by atoms with Crippen molar-refractivity contribution in [3.05, 3.63) is 28.2 Å². The van der Waals surface area contributed by atoms with Crippen LogP contribution in [0.15, 0.2) is 22.7 Å². The number of hydrogen-bond donors (Lipinski definition) is 1. The molecule has 0 spiro atoms. The molecule has 1 aromatic rings. The van der Waals surface area contributed by atoms with E-state index in [2.05, 4.69) is 41.9 Å². The molecule has 0 amide bonds. The maximum absolute atomic E-state index is 6.49. The highest BCUT2D eigenvalue weighted by Crippen LogP contribution is 2.39. The van der Waals surface area contributed by atoms with Crippen LogP contribution in [0.4, 0.5) is 0 Å². The van der Waals surface area contributed by atoms with E-state index in [9.17, 15) is 0 Å². The minimum Gasteiger partial charge on any atom is -0.496 e. The normalized spacial score (nSPS) is 29.0. The van der Waals surface area contributed by atoms with E-state index in [0.29, 0.717) is 5.92 Å². The van der Waals surface area contributed by atoms with E-state index in [0.717, 1.165) is 22.1 Å². The van der Waals surface area contributed by atoms with E-state index in [-0.39, 0.29) is 6.04 Å². The number of benzene rings is 1. The van der Waals surface area contributed by atoms with Crippen LogP contribution in [0.5, 0.6) is 5.75 Å². The molecule has 1 aliphatic carbocycles. The molecule has 1 fully saturated rings. The highest BCUT2D eigenvalue weighted by Gasteiger charge is 2.29. The molecule has 106 valence electrons. The molecule has 2 N–H and O–H groups in total. The summed E-state index contributed by atoms with van der Waals surface area (Å²) in [5.41, 5.74) is 7.70.